The van der Waals surface area contributed by atoms with E-state index in [2.05, 4.69) is 10.3 Å². The summed E-state index contributed by atoms with van der Waals surface area (Å²) in [6.07, 6.45) is 5.74. The molecule has 1 heterocycles. The van der Waals surface area contributed by atoms with Crippen LogP contribution in [0.4, 0.5) is 0 Å². The van der Waals surface area contributed by atoms with Gasteiger partial charge in [0.2, 0.25) is 0 Å². The molecule has 5 nitrogen and oxygen atoms in total. The Kier molecular flexibility index (Phi) is 4.74. The summed E-state index contributed by atoms with van der Waals surface area (Å²) in [6.45, 7) is -0.291. The Morgan fingerprint density at radius 2 is 2.16 bits per heavy atom. The van der Waals surface area contributed by atoms with Gasteiger partial charge in [0.15, 0.2) is 6.61 Å². The fourth-order valence-corrected chi connectivity index (χ4v) is 2.28. The third-order valence-electron chi connectivity index (χ3n) is 3.03. The molecule has 1 fully saturated rings. The minimum Gasteiger partial charge on any atom is -0.452 e. The van der Waals surface area contributed by atoms with Gasteiger partial charge in [0.25, 0.3) is 5.91 Å². The first-order valence-electron chi connectivity index (χ1n) is 6.24. The Hall–Kier alpha value is -1.62. The number of esters is 1. The minimum absolute atomic E-state index is 0.0729. The Bertz CT molecular complexity index is 473. The first-order chi connectivity index (χ1) is 9.16. The van der Waals surface area contributed by atoms with E-state index in [9.17, 15) is 9.59 Å². The smallest absolute Gasteiger partial charge is 0.341 e. The zero-order chi connectivity index (χ0) is 13.7. The number of aromatic nitrogens is 1. The molecule has 1 aliphatic rings. The summed E-state index contributed by atoms with van der Waals surface area (Å²) in [5, 5.41) is 2.91. The maximum atomic E-state index is 11.7. The number of amides is 1. The molecule has 1 N–H and O–H groups in total. The van der Waals surface area contributed by atoms with Crippen molar-refractivity contribution in [2.75, 3.05) is 6.61 Å². The van der Waals surface area contributed by atoms with Gasteiger partial charge in [-0.2, -0.15) is 0 Å². The van der Waals surface area contributed by atoms with Crippen molar-refractivity contribution in [3.05, 3.63) is 29.0 Å². The fourth-order valence-electron chi connectivity index (χ4n) is 2.09. The summed E-state index contributed by atoms with van der Waals surface area (Å²) in [4.78, 5) is 27.0. The van der Waals surface area contributed by atoms with Crippen molar-refractivity contribution in [2.45, 2.75) is 31.7 Å². The van der Waals surface area contributed by atoms with E-state index < -0.39 is 5.97 Å². The number of carbonyl (C=O) groups is 2. The lowest BCUT2D eigenvalue weighted by atomic mass is 10.2. The average molecular weight is 283 g/mol. The summed E-state index contributed by atoms with van der Waals surface area (Å²) in [7, 11) is 0. The third kappa shape index (κ3) is 3.92. The van der Waals surface area contributed by atoms with Gasteiger partial charge < -0.3 is 10.1 Å². The number of hydrogen-bond acceptors (Lipinski definition) is 4. The summed E-state index contributed by atoms with van der Waals surface area (Å²) in [5.74, 6) is -0.917. The van der Waals surface area contributed by atoms with Gasteiger partial charge in [-0.15, -0.1) is 0 Å². The van der Waals surface area contributed by atoms with Crippen molar-refractivity contribution >= 4 is 23.5 Å². The molecule has 0 radical (unpaired) electrons. The van der Waals surface area contributed by atoms with E-state index in [1.807, 2.05) is 0 Å². The van der Waals surface area contributed by atoms with Crippen molar-refractivity contribution < 1.29 is 14.3 Å². The van der Waals surface area contributed by atoms with Crippen molar-refractivity contribution in [2.24, 2.45) is 0 Å². The molecule has 1 aromatic rings. The molecule has 1 aromatic heterocycles. The van der Waals surface area contributed by atoms with Crippen LogP contribution in [0.15, 0.2) is 18.3 Å². The number of nitrogens with zero attached hydrogens (tertiary/aromatic N) is 1. The Morgan fingerprint density at radius 1 is 1.42 bits per heavy atom. The Morgan fingerprint density at radius 3 is 2.84 bits per heavy atom. The van der Waals surface area contributed by atoms with E-state index in [-0.39, 0.29) is 29.3 Å². The van der Waals surface area contributed by atoms with Crippen LogP contribution in [0.25, 0.3) is 0 Å². The van der Waals surface area contributed by atoms with E-state index in [0.29, 0.717) is 0 Å². The van der Waals surface area contributed by atoms with Crippen LogP contribution in [0, 0.1) is 0 Å². The highest BCUT2D eigenvalue weighted by Gasteiger charge is 2.18. The van der Waals surface area contributed by atoms with Crippen LogP contribution in [-0.2, 0) is 9.53 Å². The van der Waals surface area contributed by atoms with Gasteiger partial charge in [-0.3, -0.25) is 4.79 Å². The highest BCUT2D eigenvalue weighted by Crippen LogP contribution is 2.17. The van der Waals surface area contributed by atoms with Crippen LogP contribution < -0.4 is 5.32 Å². The van der Waals surface area contributed by atoms with E-state index in [1.54, 1.807) is 6.07 Å². The first-order valence-corrected chi connectivity index (χ1v) is 6.61. The normalized spacial score (nSPS) is 15.2. The van der Waals surface area contributed by atoms with Gasteiger partial charge in [0.1, 0.15) is 5.15 Å². The highest BCUT2D eigenvalue weighted by atomic mass is 35.5. The van der Waals surface area contributed by atoms with Crippen LogP contribution in [0.1, 0.15) is 36.0 Å². The quantitative estimate of drug-likeness (QED) is 0.677. The molecule has 0 saturated heterocycles. The van der Waals surface area contributed by atoms with Gasteiger partial charge in [0.05, 0.1) is 5.56 Å². The molecule has 6 heteroatoms. The molecule has 2 rings (SSSR count). The predicted octanol–water partition coefficient (Wildman–Crippen LogP) is 1.95. The van der Waals surface area contributed by atoms with Crippen molar-refractivity contribution in [3.8, 4) is 0 Å². The Balaban J connectivity index is 1.80. The van der Waals surface area contributed by atoms with E-state index >= 15 is 0 Å². The predicted molar refractivity (Wildman–Crippen MR) is 69.9 cm³/mol. The standard InChI is InChI=1S/C13H15ClN2O3/c14-12-10(6-3-7-15-12)13(18)19-8-11(17)16-9-4-1-2-5-9/h3,6-7,9H,1-2,4-5,8H2,(H,16,17). The van der Waals surface area contributed by atoms with Gasteiger partial charge in [-0.25, -0.2) is 9.78 Å². The first kappa shape index (κ1) is 13.8. The second kappa shape index (κ2) is 6.52. The molecule has 0 spiro atoms. The molecule has 1 amide bonds. The van der Waals surface area contributed by atoms with Crippen LogP contribution >= 0.6 is 11.6 Å². The molecule has 0 aliphatic heterocycles. The fraction of sp³-hybridized carbons (Fsp3) is 0.462. The van der Waals surface area contributed by atoms with E-state index in [0.717, 1.165) is 25.7 Å². The van der Waals surface area contributed by atoms with Crippen LogP contribution in [0.5, 0.6) is 0 Å². The second-order valence-corrected chi connectivity index (χ2v) is 4.82. The van der Waals surface area contributed by atoms with Crippen molar-refractivity contribution in [3.63, 3.8) is 0 Å². The number of halogens is 1. The number of nitrogens with one attached hydrogen (secondary N) is 1. The number of rotatable bonds is 4. The molecular weight excluding hydrogens is 268 g/mol. The lowest BCUT2D eigenvalue weighted by Crippen LogP contribution is -2.35. The maximum absolute atomic E-state index is 11.7. The van der Waals surface area contributed by atoms with Gasteiger partial charge in [-0.05, 0) is 25.0 Å². The molecule has 1 aliphatic carbocycles. The summed E-state index contributed by atoms with van der Waals surface area (Å²) in [6, 6.07) is 3.31. The van der Waals surface area contributed by atoms with Gasteiger partial charge >= 0.3 is 5.97 Å². The summed E-state index contributed by atoms with van der Waals surface area (Å²) in [5.41, 5.74) is 0.165. The molecule has 0 atom stereocenters. The third-order valence-corrected chi connectivity index (χ3v) is 3.33. The Labute approximate surface area is 116 Å². The number of carbonyl (C=O) groups excluding carboxylic acids is 2. The van der Waals surface area contributed by atoms with Crippen LogP contribution in [0.3, 0.4) is 0 Å². The second-order valence-electron chi connectivity index (χ2n) is 4.47. The molecule has 1 saturated carbocycles. The van der Waals surface area contributed by atoms with Crippen molar-refractivity contribution in [1.82, 2.24) is 10.3 Å². The summed E-state index contributed by atoms with van der Waals surface area (Å²) >= 11 is 5.76. The zero-order valence-corrected chi connectivity index (χ0v) is 11.2. The summed E-state index contributed by atoms with van der Waals surface area (Å²) < 4.78 is 4.91. The molecule has 0 bridgehead atoms. The lowest BCUT2D eigenvalue weighted by molar-refractivity contribution is -0.124. The zero-order valence-electron chi connectivity index (χ0n) is 10.4. The van der Waals surface area contributed by atoms with Crippen LogP contribution in [-0.4, -0.2) is 29.5 Å². The maximum Gasteiger partial charge on any atom is 0.341 e. The largest absolute Gasteiger partial charge is 0.452 e. The SMILES string of the molecule is O=C(COC(=O)c1cccnc1Cl)NC1CCCC1. The monoisotopic (exact) mass is 282 g/mol. The number of hydrogen-bond donors (Lipinski definition) is 1. The number of ether oxygens (including phenoxy) is 1. The minimum atomic E-state index is -0.639. The highest BCUT2D eigenvalue weighted by molar-refractivity contribution is 6.32. The van der Waals surface area contributed by atoms with Crippen molar-refractivity contribution in [1.29, 1.82) is 0 Å². The molecule has 102 valence electrons. The molecule has 0 unspecified atom stereocenters. The topological polar surface area (TPSA) is 68.3 Å². The lowest BCUT2D eigenvalue weighted by Gasteiger charge is -2.12. The van der Waals surface area contributed by atoms with Crippen LogP contribution in [0.2, 0.25) is 5.15 Å². The van der Waals surface area contributed by atoms with Gasteiger partial charge in [-0.1, -0.05) is 24.4 Å². The molecule has 19 heavy (non-hydrogen) atoms. The van der Waals surface area contributed by atoms with Gasteiger partial charge in [0, 0.05) is 12.2 Å². The number of pyridine rings is 1. The molecule has 0 aromatic carbocycles. The van der Waals surface area contributed by atoms with E-state index in [4.69, 9.17) is 16.3 Å². The van der Waals surface area contributed by atoms with E-state index in [1.165, 1.54) is 12.3 Å². The molecular formula is C13H15ClN2O3. The average Bonchev–Trinajstić information content (AvgIpc) is 2.89.